The van der Waals surface area contributed by atoms with Gasteiger partial charge in [-0.3, -0.25) is 0 Å². The summed E-state index contributed by atoms with van der Waals surface area (Å²) in [5.41, 5.74) is -2.73. The normalized spacial score (nSPS) is 11.7. The largest absolute Gasteiger partial charge is 0.574 e. The molecule has 0 unspecified atom stereocenters. The molecule has 1 aromatic rings. The van der Waals surface area contributed by atoms with E-state index < -0.39 is 41.7 Å². The fourth-order valence-electron chi connectivity index (χ4n) is 0.970. The summed E-state index contributed by atoms with van der Waals surface area (Å²) >= 11 is 0. The molecule has 0 amide bonds. The summed E-state index contributed by atoms with van der Waals surface area (Å²) in [6, 6.07) is 0.131. The molecule has 0 aliphatic rings. The van der Waals surface area contributed by atoms with Gasteiger partial charge in [-0.15, -0.1) is 13.2 Å². The summed E-state index contributed by atoms with van der Waals surface area (Å²) in [6.45, 7) is 0. The second kappa shape index (κ2) is 4.70. The second-order valence-electron chi connectivity index (χ2n) is 2.87. The van der Waals surface area contributed by atoms with Crippen molar-refractivity contribution >= 4 is 5.97 Å². The zero-order valence-electron chi connectivity index (χ0n) is 8.13. The van der Waals surface area contributed by atoms with Crippen LogP contribution in [0.4, 0.5) is 26.3 Å². The van der Waals surface area contributed by atoms with E-state index in [-0.39, 0.29) is 6.07 Å². The molecule has 10 heteroatoms. The van der Waals surface area contributed by atoms with E-state index in [2.05, 4.69) is 9.72 Å². The maximum Gasteiger partial charge on any atom is 0.574 e. The molecule has 1 N–H and O–H groups in total. The lowest BCUT2D eigenvalue weighted by molar-refractivity contribution is -0.277. The van der Waals surface area contributed by atoms with E-state index in [0.29, 0.717) is 0 Å². The number of rotatable bonds is 3. The zero-order valence-corrected chi connectivity index (χ0v) is 8.13. The van der Waals surface area contributed by atoms with Gasteiger partial charge in [-0.25, -0.2) is 22.9 Å². The average Bonchev–Trinajstić information content (AvgIpc) is 2.18. The first-order valence-corrected chi connectivity index (χ1v) is 4.09. The molecule has 0 spiro atoms. The standard InChI is InChI=1S/C8H3F6NO3/c9-4-2(5(10)11)1-3(7(16)17)15-6(4)18-8(12,13)14/h1,5H,(H,16,17). The van der Waals surface area contributed by atoms with Crippen molar-refractivity contribution in [1.82, 2.24) is 4.98 Å². The van der Waals surface area contributed by atoms with Gasteiger partial charge in [0.1, 0.15) is 0 Å². The van der Waals surface area contributed by atoms with Crippen molar-refractivity contribution in [2.24, 2.45) is 0 Å². The van der Waals surface area contributed by atoms with Crippen LogP contribution >= 0.6 is 0 Å². The lowest BCUT2D eigenvalue weighted by Crippen LogP contribution is -2.20. The summed E-state index contributed by atoms with van der Waals surface area (Å²) in [4.78, 5) is 13.1. The van der Waals surface area contributed by atoms with Crippen LogP contribution in [0.1, 0.15) is 22.5 Å². The minimum absolute atomic E-state index is 0.131. The minimum Gasteiger partial charge on any atom is -0.477 e. The highest BCUT2D eigenvalue weighted by Gasteiger charge is 2.35. The van der Waals surface area contributed by atoms with Crippen LogP contribution in [0.15, 0.2) is 6.07 Å². The molecule has 0 radical (unpaired) electrons. The zero-order chi connectivity index (χ0) is 14.1. The Labute approximate surface area is 94.8 Å². The summed E-state index contributed by atoms with van der Waals surface area (Å²) < 4.78 is 76.2. The molecule has 1 rings (SSSR count). The van der Waals surface area contributed by atoms with E-state index >= 15 is 0 Å². The van der Waals surface area contributed by atoms with Crippen LogP contribution in [0.5, 0.6) is 5.88 Å². The number of aromatic nitrogens is 1. The van der Waals surface area contributed by atoms with Gasteiger partial charge in [0, 0.05) is 0 Å². The smallest absolute Gasteiger partial charge is 0.477 e. The molecule has 0 aromatic carbocycles. The Morgan fingerprint density at radius 2 is 1.94 bits per heavy atom. The second-order valence-corrected chi connectivity index (χ2v) is 2.87. The van der Waals surface area contributed by atoms with Gasteiger partial charge in [0.25, 0.3) is 12.3 Å². The molecular weight excluding hydrogens is 272 g/mol. The Hall–Kier alpha value is -2.00. The number of hydrogen-bond donors (Lipinski definition) is 1. The Bertz CT molecular complexity index is 473. The molecule has 0 saturated heterocycles. The van der Waals surface area contributed by atoms with Gasteiger partial charge in [0.2, 0.25) is 0 Å². The van der Waals surface area contributed by atoms with Crippen LogP contribution in [-0.2, 0) is 0 Å². The lowest BCUT2D eigenvalue weighted by Gasteiger charge is -2.11. The first kappa shape index (κ1) is 14.1. The third-order valence-electron chi connectivity index (χ3n) is 1.62. The van der Waals surface area contributed by atoms with E-state index in [1.165, 1.54) is 0 Å². The fourth-order valence-corrected chi connectivity index (χ4v) is 0.970. The Morgan fingerprint density at radius 1 is 1.39 bits per heavy atom. The third kappa shape index (κ3) is 3.25. The number of carbonyl (C=O) groups is 1. The highest BCUT2D eigenvalue weighted by molar-refractivity contribution is 5.85. The molecule has 0 saturated carbocycles. The summed E-state index contributed by atoms with van der Waals surface area (Å²) in [5, 5.41) is 8.44. The van der Waals surface area contributed by atoms with Crippen LogP contribution in [-0.4, -0.2) is 22.4 Å². The highest BCUT2D eigenvalue weighted by atomic mass is 19.4. The number of hydrogen-bond acceptors (Lipinski definition) is 3. The molecule has 4 nitrogen and oxygen atoms in total. The number of ether oxygens (including phenoxy) is 1. The van der Waals surface area contributed by atoms with Crippen molar-refractivity contribution in [3.8, 4) is 5.88 Å². The van der Waals surface area contributed by atoms with Gasteiger partial charge in [0.15, 0.2) is 11.5 Å². The molecule has 18 heavy (non-hydrogen) atoms. The van der Waals surface area contributed by atoms with E-state index in [0.717, 1.165) is 0 Å². The fraction of sp³-hybridized carbons (Fsp3) is 0.250. The Morgan fingerprint density at radius 3 is 2.33 bits per heavy atom. The van der Waals surface area contributed by atoms with Crippen LogP contribution < -0.4 is 4.74 Å². The van der Waals surface area contributed by atoms with Crippen molar-refractivity contribution in [2.75, 3.05) is 0 Å². The van der Waals surface area contributed by atoms with Crippen LogP contribution in [0.3, 0.4) is 0 Å². The quantitative estimate of drug-likeness (QED) is 0.862. The van der Waals surface area contributed by atoms with Crippen molar-refractivity contribution in [3.63, 3.8) is 0 Å². The molecule has 0 atom stereocenters. The molecular formula is C8H3F6NO3. The summed E-state index contributed by atoms with van der Waals surface area (Å²) in [5.74, 6) is -5.83. The predicted octanol–water partition coefficient (Wildman–Crippen LogP) is 2.76. The lowest BCUT2D eigenvalue weighted by atomic mass is 10.2. The predicted molar refractivity (Wildman–Crippen MR) is 42.8 cm³/mol. The number of pyridine rings is 1. The molecule has 0 aliphatic carbocycles. The van der Waals surface area contributed by atoms with Crippen LogP contribution in [0.25, 0.3) is 0 Å². The summed E-state index contributed by atoms with van der Waals surface area (Å²) in [6.07, 6.45) is -8.90. The summed E-state index contributed by atoms with van der Waals surface area (Å²) in [7, 11) is 0. The average molecular weight is 275 g/mol. The van der Waals surface area contributed by atoms with E-state index in [1.807, 2.05) is 0 Å². The molecule has 0 fully saturated rings. The van der Waals surface area contributed by atoms with Crippen molar-refractivity contribution in [3.05, 3.63) is 23.1 Å². The number of halogens is 6. The van der Waals surface area contributed by atoms with Gasteiger partial charge in [-0.2, -0.15) is 0 Å². The first-order chi connectivity index (χ1) is 8.11. The van der Waals surface area contributed by atoms with Gasteiger partial charge >= 0.3 is 12.3 Å². The van der Waals surface area contributed by atoms with Gasteiger partial charge in [0.05, 0.1) is 5.56 Å². The van der Waals surface area contributed by atoms with Gasteiger partial charge in [-0.05, 0) is 6.07 Å². The number of carboxylic acid groups (broad SMARTS) is 1. The maximum absolute atomic E-state index is 13.1. The first-order valence-electron chi connectivity index (χ1n) is 4.09. The molecule has 0 aliphatic heterocycles. The van der Waals surface area contributed by atoms with Gasteiger partial charge in [-0.1, -0.05) is 0 Å². The molecule has 0 bridgehead atoms. The number of carboxylic acids is 1. The maximum atomic E-state index is 13.1. The van der Waals surface area contributed by atoms with Crippen LogP contribution in [0.2, 0.25) is 0 Å². The monoisotopic (exact) mass is 275 g/mol. The molecule has 1 aromatic heterocycles. The van der Waals surface area contributed by atoms with Crippen molar-refractivity contribution < 1.29 is 41.0 Å². The number of nitrogens with zero attached hydrogens (tertiary/aromatic N) is 1. The van der Waals surface area contributed by atoms with Crippen LogP contribution in [0, 0.1) is 5.82 Å². The van der Waals surface area contributed by atoms with Gasteiger partial charge < -0.3 is 9.84 Å². The topological polar surface area (TPSA) is 59.4 Å². The Kier molecular flexibility index (Phi) is 3.67. The van der Waals surface area contributed by atoms with Crippen molar-refractivity contribution in [1.29, 1.82) is 0 Å². The number of aromatic carboxylic acids is 1. The third-order valence-corrected chi connectivity index (χ3v) is 1.62. The van der Waals surface area contributed by atoms with E-state index in [1.54, 1.807) is 0 Å². The number of alkyl halides is 5. The van der Waals surface area contributed by atoms with Crippen molar-refractivity contribution in [2.45, 2.75) is 12.8 Å². The van der Waals surface area contributed by atoms with E-state index in [9.17, 15) is 31.1 Å². The SMILES string of the molecule is O=C(O)c1cc(C(F)F)c(F)c(OC(F)(F)F)n1. The molecule has 100 valence electrons. The molecule has 1 heterocycles. The van der Waals surface area contributed by atoms with E-state index in [4.69, 9.17) is 5.11 Å². The Balaban J connectivity index is 3.36. The minimum atomic E-state index is -5.38. The highest BCUT2D eigenvalue weighted by Crippen LogP contribution is 2.31.